The van der Waals surface area contributed by atoms with Gasteiger partial charge in [0, 0.05) is 31.1 Å². The topological polar surface area (TPSA) is 82.6 Å². The zero-order valence-corrected chi connectivity index (χ0v) is 15.5. The second-order valence-corrected chi connectivity index (χ2v) is 9.38. The predicted octanol–water partition coefficient (Wildman–Crippen LogP) is 1.46. The molecule has 0 radical (unpaired) electrons. The highest BCUT2D eigenvalue weighted by molar-refractivity contribution is 7.91. The summed E-state index contributed by atoms with van der Waals surface area (Å²) >= 11 is 1.61. The minimum absolute atomic E-state index is 0.0735. The van der Waals surface area contributed by atoms with E-state index in [2.05, 4.69) is 15.2 Å². The highest BCUT2D eigenvalue weighted by atomic mass is 32.2. The van der Waals surface area contributed by atoms with Gasteiger partial charge in [0.15, 0.2) is 15.0 Å². The third kappa shape index (κ3) is 4.00. The maximum atomic E-state index is 12.4. The molecule has 7 nitrogen and oxygen atoms in total. The molecule has 0 saturated carbocycles. The van der Waals surface area contributed by atoms with Crippen LogP contribution in [0.25, 0.3) is 0 Å². The molecule has 0 aliphatic carbocycles. The van der Waals surface area contributed by atoms with E-state index in [1.165, 1.54) is 12.8 Å². The van der Waals surface area contributed by atoms with Crippen molar-refractivity contribution in [3.63, 3.8) is 0 Å². The fraction of sp³-hybridized carbons (Fsp3) is 0.733. The lowest BCUT2D eigenvalue weighted by molar-refractivity contribution is 0.183. The van der Waals surface area contributed by atoms with Gasteiger partial charge in [0.2, 0.25) is 0 Å². The first-order valence-electron chi connectivity index (χ1n) is 8.43. The molecule has 2 amide bonds. The van der Waals surface area contributed by atoms with Crippen LogP contribution in [0.5, 0.6) is 0 Å². The van der Waals surface area contributed by atoms with Crippen LogP contribution in [0.15, 0.2) is 5.38 Å². The summed E-state index contributed by atoms with van der Waals surface area (Å²) in [4.78, 5) is 20.9. The molecule has 2 aliphatic rings. The number of anilines is 1. The highest BCUT2D eigenvalue weighted by Gasteiger charge is 2.33. The Balaban J connectivity index is 1.54. The van der Waals surface area contributed by atoms with Crippen LogP contribution < -0.4 is 10.2 Å². The van der Waals surface area contributed by atoms with E-state index in [1.807, 2.05) is 12.3 Å². The number of nitrogens with zero attached hydrogens (tertiary/aromatic N) is 3. The summed E-state index contributed by atoms with van der Waals surface area (Å²) in [6.07, 6.45) is 2.95. The summed E-state index contributed by atoms with van der Waals surface area (Å²) in [6, 6.07) is -0.425. The second kappa shape index (κ2) is 7.26. The first kappa shape index (κ1) is 17.5. The van der Waals surface area contributed by atoms with Gasteiger partial charge in [-0.2, -0.15) is 0 Å². The Morgan fingerprint density at radius 3 is 2.83 bits per heavy atom. The molecule has 134 valence electrons. The van der Waals surface area contributed by atoms with Gasteiger partial charge < -0.3 is 15.1 Å². The maximum absolute atomic E-state index is 12.4. The van der Waals surface area contributed by atoms with E-state index in [9.17, 15) is 13.2 Å². The average molecular weight is 373 g/mol. The van der Waals surface area contributed by atoms with Crippen LogP contribution in [0.3, 0.4) is 0 Å². The molecule has 3 rings (SSSR count). The predicted molar refractivity (Wildman–Crippen MR) is 95.2 cm³/mol. The van der Waals surface area contributed by atoms with Gasteiger partial charge in [0.25, 0.3) is 0 Å². The van der Waals surface area contributed by atoms with Crippen molar-refractivity contribution in [1.29, 1.82) is 0 Å². The molecule has 2 aliphatic heterocycles. The molecule has 3 heterocycles. The summed E-state index contributed by atoms with van der Waals surface area (Å²) in [6.45, 7) is 4.86. The van der Waals surface area contributed by atoms with E-state index in [0.717, 1.165) is 23.9 Å². The first-order chi connectivity index (χ1) is 11.5. The Bertz CT molecular complexity index is 683. The lowest BCUT2D eigenvalue weighted by atomic mass is 10.2. The monoisotopic (exact) mass is 372 g/mol. The lowest BCUT2D eigenvalue weighted by Crippen LogP contribution is -2.46. The largest absolute Gasteiger partial charge is 0.348 e. The maximum Gasteiger partial charge on any atom is 0.317 e. The van der Waals surface area contributed by atoms with E-state index in [0.29, 0.717) is 19.5 Å². The summed E-state index contributed by atoms with van der Waals surface area (Å²) in [5.41, 5.74) is 0.852. The van der Waals surface area contributed by atoms with Gasteiger partial charge in [-0.05, 0) is 26.2 Å². The fourth-order valence-corrected chi connectivity index (χ4v) is 5.90. The summed E-state index contributed by atoms with van der Waals surface area (Å²) in [5, 5.41) is 5.87. The van der Waals surface area contributed by atoms with Gasteiger partial charge in [-0.25, -0.2) is 18.2 Å². The molecule has 0 bridgehead atoms. The number of thiazole rings is 1. The molecule has 0 aromatic carbocycles. The minimum Gasteiger partial charge on any atom is -0.348 e. The van der Waals surface area contributed by atoms with Gasteiger partial charge in [-0.15, -0.1) is 11.3 Å². The van der Waals surface area contributed by atoms with Crippen molar-refractivity contribution < 1.29 is 13.2 Å². The van der Waals surface area contributed by atoms with Crippen molar-refractivity contribution >= 4 is 32.3 Å². The van der Waals surface area contributed by atoms with Crippen molar-refractivity contribution in [3.05, 3.63) is 11.1 Å². The Labute approximate surface area is 147 Å². The normalized spacial score (nSPS) is 22.7. The van der Waals surface area contributed by atoms with Crippen LogP contribution in [-0.4, -0.2) is 61.5 Å². The second-order valence-electron chi connectivity index (χ2n) is 6.32. The molecular formula is C15H24N4O3S2. The zero-order valence-electron chi connectivity index (χ0n) is 13.9. The number of amides is 2. The van der Waals surface area contributed by atoms with Crippen LogP contribution in [-0.2, 0) is 16.4 Å². The van der Waals surface area contributed by atoms with Crippen LogP contribution in [0.1, 0.15) is 31.9 Å². The smallest absolute Gasteiger partial charge is 0.317 e. The molecule has 0 spiro atoms. The number of rotatable bonds is 5. The molecule has 9 heteroatoms. The number of urea groups is 1. The number of aromatic nitrogens is 1. The third-order valence-corrected chi connectivity index (χ3v) is 7.29. The number of nitrogens with one attached hydrogen (secondary N) is 1. The molecule has 1 aromatic heterocycles. The number of carbonyl (C=O) groups is 1. The van der Waals surface area contributed by atoms with E-state index >= 15 is 0 Å². The Morgan fingerprint density at radius 2 is 2.21 bits per heavy atom. The van der Waals surface area contributed by atoms with Crippen molar-refractivity contribution in [2.24, 2.45) is 0 Å². The van der Waals surface area contributed by atoms with Crippen molar-refractivity contribution in [1.82, 2.24) is 15.2 Å². The molecular weight excluding hydrogens is 348 g/mol. The number of carbonyl (C=O) groups excluding carboxylic acids is 1. The van der Waals surface area contributed by atoms with E-state index in [4.69, 9.17) is 0 Å². The van der Waals surface area contributed by atoms with E-state index in [1.54, 1.807) is 16.2 Å². The fourth-order valence-electron chi connectivity index (χ4n) is 3.29. The quantitative estimate of drug-likeness (QED) is 0.846. The molecule has 0 unspecified atom stereocenters. The van der Waals surface area contributed by atoms with Gasteiger partial charge in [-0.3, -0.25) is 0 Å². The summed E-state index contributed by atoms with van der Waals surface area (Å²) in [7, 11) is -3.00. The van der Waals surface area contributed by atoms with Crippen LogP contribution >= 0.6 is 11.3 Å². The minimum atomic E-state index is -3.00. The highest BCUT2D eigenvalue weighted by Crippen LogP contribution is 2.24. The van der Waals surface area contributed by atoms with Gasteiger partial charge in [0.1, 0.15) is 0 Å². The molecule has 1 atom stereocenters. The molecule has 2 fully saturated rings. The van der Waals surface area contributed by atoms with Gasteiger partial charge >= 0.3 is 6.03 Å². The van der Waals surface area contributed by atoms with Crippen LogP contribution in [0, 0.1) is 0 Å². The first-order valence-corrected chi connectivity index (χ1v) is 11.1. The van der Waals surface area contributed by atoms with E-state index < -0.39 is 9.84 Å². The number of sulfone groups is 1. The van der Waals surface area contributed by atoms with Crippen LogP contribution in [0.4, 0.5) is 9.93 Å². The Kier molecular flexibility index (Phi) is 5.29. The molecule has 1 N–H and O–H groups in total. The molecule has 2 saturated heterocycles. The summed E-state index contributed by atoms with van der Waals surface area (Å²) in [5.74, 6) is 0.247. The lowest BCUT2D eigenvalue weighted by Gasteiger charge is -2.26. The standard InChI is InChI=1S/C15H24N4O3S2/c1-2-19(13-5-8-24(21,22)11-13)14(20)16-9-12-10-23-15(17-12)18-6-3-4-7-18/h10,13H,2-9,11H2,1H3,(H,16,20)/t13-/m1/s1. The Hall–Kier alpha value is -1.35. The number of hydrogen-bond donors (Lipinski definition) is 1. The van der Waals surface area contributed by atoms with Gasteiger partial charge in [0.05, 0.1) is 23.7 Å². The number of hydrogen-bond acceptors (Lipinski definition) is 6. The van der Waals surface area contributed by atoms with Crippen molar-refractivity contribution in [3.8, 4) is 0 Å². The van der Waals surface area contributed by atoms with Crippen LogP contribution in [0.2, 0.25) is 0 Å². The van der Waals surface area contributed by atoms with Crippen molar-refractivity contribution in [2.75, 3.05) is 36.0 Å². The van der Waals surface area contributed by atoms with Gasteiger partial charge in [-0.1, -0.05) is 0 Å². The molecule has 24 heavy (non-hydrogen) atoms. The van der Waals surface area contributed by atoms with Crippen molar-refractivity contribution in [2.45, 2.75) is 38.8 Å². The third-order valence-electron chi connectivity index (χ3n) is 4.59. The summed E-state index contributed by atoms with van der Waals surface area (Å²) < 4.78 is 23.2. The zero-order chi connectivity index (χ0) is 17.2. The average Bonchev–Trinajstić information content (AvgIpc) is 3.26. The SMILES string of the molecule is CCN(C(=O)NCc1csc(N2CCCC2)n1)[C@@H]1CCS(=O)(=O)C1. The molecule has 1 aromatic rings. The van der Waals surface area contributed by atoms with E-state index in [-0.39, 0.29) is 23.6 Å². The Morgan fingerprint density at radius 1 is 1.46 bits per heavy atom.